The van der Waals surface area contributed by atoms with Crippen LogP contribution in [0.25, 0.3) is 11.0 Å². The second-order valence-electron chi connectivity index (χ2n) is 7.18. The van der Waals surface area contributed by atoms with Gasteiger partial charge in [0.1, 0.15) is 5.75 Å². The van der Waals surface area contributed by atoms with Crippen LogP contribution in [-0.2, 0) is 17.0 Å². The first kappa shape index (κ1) is 22.7. The van der Waals surface area contributed by atoms with Crippen molar-refractivity contribution in [3.63, 3.8) is 0 Å². The van der Waals surface area contributed by atoms with Gasteiger partial charge < -0.3 is 9.72 Å². The first-order valence-electron chi connectivity index (χ1n) is 10.1. The number of H-pyrrole nitrogens is 1. The van der Waals surface area contributed by atoms with Crippen molar-refractivity contribution in [2.45, 2.75) is 17.3 Å². The topological polar surface area (TPSA) is 96.1 Å². The molecule has 0 aliphatic heterocycles. The Morgan fingerprint density at radius 1 is 1.06 bits per heavy atom. The number of aromatic nitrogens is 2. The lowest BCUT2D eigenvalue weighted by Gasteiger charge is -2.10. The summed E-state index contributed by atoms with van der Waals surface area (Å²) in [5, 5.41) is 1.35. The molecule has 0 radical (unpaired) electrons. The number of hydrogen-bond acceptors (Lipinski definition) is 5. The minimum atomic E-state index is -0.405. The fraction of sp³-hybridized carbons (Fsp3) is 0.125. The number of carbonyl (C=O) groups is 2. The molecule has 0 aliphatic carbocycles. The molecule has 0 atom stereocenters. The number of para-hydroxylation sites is 2. The Balaban J connectivity index is 1.28. The molecule has 0 aliphatic rings. The van der Waals surface area contributed by atoms with Crippen LogP contribution in [0.1, 0.15) is 21.5 Å². The number of halogens is 1. The number of nitrogens with one attached hydrogen (secondary N) is 3. The van der Waals surface area contributed by atoms with Crippen molar-refractivity contribution in [1.82, 2.24) is 20.8 Å². The van der Waals surface area contributed by atoms with E-state index in [-0.39, 0.29) is 12.3 Å². The summed E-state index contributed by atoms with van der Waals surface area (Å²) in [5.74, 6) is 0.470. The van der Waals surface area contributed by atoms with Gasteiger partial charge in [-0.05, 0) is 48.0 Å². The zero-order valence-electron chi connectivity index (χ0n) is 17.7. The molecule has 0 saturated carbocycles. The number of amides is 2. The number of carbonyl (C=O) groups excluding carboxylic acids is 2. The molecule has 4 aromatic rings. The van der Waals surface area contributed by atoms with E-state index >= 15 is 0 Å². The average molecular weight is 481 g/mol. The van der Waals surface area contributed by atoms with Gasteiger partial charge in [0.25, 0.3) is 5.91 Å². The molecule has 9 heteroatoms. The molecule has 1 heterocycles. The van der Waals surface area contributed by atoms with Crippen molar-refractivity contribution in [3.05, 3.63) is 88.4 Å². The lowest BCUT2D eigenvalue weighted by atomic mass is 10.1. The fourth-order valence-corrected chi connectivity index (χ4v) is 4.24. The molecule has 3 N–H and O–H groups in total. The number of fused-ring (bicyclic) bond motifs is 1. The third kappa shape index (κ3) is 5.85. The molecule has 0 saturated heterocycles. The second-order valence-corrected chi connectivity index (χ2v) is 8.58. The van der Waals surface area contributed by atoms with Crippen LogP contribution in [0.15, 0.2) is 71.9 Å². The smallest absolute Gasteiger partial charge is 0.269 e. The van der Waals surface area contributed by atoms with Gasteiger partial charge in [0.2, 0.25) is 5.91 Å². The Morgan fingerprint density at radius 3 is 2.61 bits per heavy atom. The third-order valence-electron chi connectivity index (χ3n) is 4.87. The minimum absolute atomic E-state index is 0.0158. The van der Waals surface area contributed by atoms with Crippen molar-refractivity contribution in [2.75, 3.05) is 7.11 Å². The zero-order chi connectivity index (χ0) is 23.2. The Bertz CT molecular complexity index is 1260. The molecular formula is C24H21ClN4O3S. The predicted molar refractivity (Wildman–Crippen MR) is 129 cm³/mol. The van der Waals surface area contributed by atoms with Crippen LogP contribution in [0.5, 0.6) is 5.75 Å². The summed E-state index contributed by atoms with van der Waals surface area (Å²) in [6.45, 7) is 0. The van der Waals surface area contributed by atoms with E-state index in [9.17, 15) is 9.59 Å². The maximum Gasteiger partial charge on any atom is 0.269 e. The van der Waals surface area contributed by atoms with E-state index in [2.05, 4.69) is 20.8 Å². The van der Waals surface area contributed by atoms with Gasteiger partial charge >= 0.3 is 0 Å². The molecule has 0 bridgehead atoms. The van der Waals surface area contributed by atoms with E-state index in [0.29, 0.717) is 27.7 Å². The number of imidazole rings is 1. The summed E-state index contributed by atoms with van der Waals surface area (Å²) in [5.41, 5.74) is 8.90. The van der Waals surface area contributed by atoms with Gasteiger partial charge in [-0.2, -0.15) is 0 Å². The number of hydrazine groups is 1. The van der Waals surface area contributed by atoms with E-state index in [1.165, 1.54) is 7.11 Å². The lowest BCUT2D eigenvalue weighted by molar-refractivity contribution is -0.121. The van der Waals surface area contributed by atoms with Gasteiger partial charge in [-0.1, -0.05) is 47.6 Å². The highest BCUT2D eigenvalue weighted by molar-refractivity contribution is 7.98. The average Bonchev–Trinajstić information content (AvgIpc) is 3.25. The molecule has 168 valence electrons. The van der Waals surface area contributed by atoms with Crippen LogP contribution < -0.4 is 15.6 Å². The molecule has 4 rings (SSSR count). The van der Waals surface area contributed by atoms with Gasteiger partial charge in [0, 0.05) is 21.9 Å². The minimum Gasteiger partial charge on any atom is -0.496 e. The van der Waals surface area contributed by atoms with Crippen molar-refractivity contribution in [1.29, 1.82) is 0 Å². The first-order valence-corrected chi connectivity index (χ1v) is 11.5. The van der Waals surface area contributed by atoms with Crippen molar-refractivity contribution in [2.24, 2.45) is 0 Å². The van der Waals surface area contributed by atoms with Gasteiger partial charge in [-0.3, -0.25) is 20.4 Å². The van der Waals surface area contributed by atoms with Crippen LogP contribution in [0.3, 0.4) is 0 Å². The maximum absolute atomic E-state index is 12.4. The van der Waals surface area contributed by atoms with Crippen molar-refractivity contribution in [3.8, 4) is 5.75 Å². The van der Waals surface area contributed by atoms with Gasteiger partial charge in [0.15, 0.2) is 5.16 Å². The highest BCUT2D eigenvalue weighted by Gasteiger charge is 2.12. The van der Waals surface area contributed by atoms with E-state index in [1.54, 1.807) is 42.1 Å². The summed E-state index contributed by atoms with van der Waals surface area (Å²) in [6, 6.07) is 20.1. The number of ether oxygens (including phenoxy) is 1. The van der Waals surface area contributed by atoms with E-state index in [1.807, 2.05) is 36.4 Å². The van der Waals surface area contributed by atoms with Crippen LogP contribution in [-0.4, -0.2) is 28.9 Å². The number of hydrogen-bond donors (Lipinski definition) is 3. The highest BCUT2D eigenvalue weighted by atomic mass is 35.5. The van der Waals surface area contributed by atoms with Gasteiger partial charge in [-0.25, -0.2) is 4.98 Å². The number of benzene rings is 3. The number of rotatable bonds is 7. The number of aromatic amines is 1. The normalized spacial score (nSPS) is 10.7. The summed E-state index contributed by atoms with van der Waals surface area (Å²) >= 11 is 7.58. The molecule has 2 amide bonds. The predicted octanol–water partition coefficient (Wildman–Crippen LogP) is 4.52. The molecule has 0 spiro atoms. The summed E-state index contributed by atoms with van der Waals surface area (Å²) in [6.07, 6.45) is 0.0158. The molecule has 33 heavy (non-hydrogen) atoms. The number of nitrogens with zero attached hydrogens (tertiary/aromatic N) is 1. The van der Waals surface area contributed by atoms with Crippen molar-refractivity contribution < 1.29 is 14.3 Å². The van der Waals surface area contributed by atoms with Crippen LogP contribution in [0.4, 0.5) is 0 Å². The fourth-order valence-electron chi connectivity index (χ4n) is 3.20. The lowest BCUT2D eigenvalue weighted by Crippen LogP contribution is -2.42. The summed E-state index contributed by atoms with van der Waals surface area (Å²) in [4.78, 5) is 32.4. The number of methoxy groups -OCH3 is 1. The molecule has 0 fully saturated rings. The Hall–Kier alpha value is -3.49. The summed E-state index contributed by atoms with van der Waals surface area (Å²) in [7, 11) is 1.52. The van der Waals surface area contributed by atoms with Gasteiger partial charge in [0.05, 0.1) is 24.6 Å². The molecule has 0 unspecified atom stereocenters. The quantitative estimate of drug-likeness (QED) is 0.267. The van der Waals surface area contributed by atoms with Crippen LogP contribution >= 0.6 is 23.4 Å². The second kappa shape index (κ2) is 10.4. The van der Waals surface area contributed by atoms with Crippen LogP contribution in [0.2, 0.25) is 5.02 Å². The molecular weight excluding hydrogens is 460 g/mol. The van der Waals surface area contributed by atoms with Crippen LogP contribution in [0, 0.1) is 0 Å². The Labute approximate surface area is 199 Å². The molecule has 1 aromatic heterocycles. The Morgan fingerprint density at radius 2 is 1.85 bits per heavy atom. The molecule has 7 nitrogen and oxygen atoms in total. The molecule has 3 aromatic carbocycles. The third-order valence-corrected chi connectivity index (χ3v) is 6.05. The van der Waals surface area contributed by atoms with Gasteiger partial charge in [-0.15, -0.1) is 0 Å². The van der Waals surface area contributed by atoms with Crippen molar-refractivity contribution >= 4 is 46.2 Å². The monoisotopic (exact) mass is 480 g/mol. The highest BCUT2D eigenvalue weighted by Crippen LogP contribution is 2.24. The standard InChI is InChI=1S/C24H21ClN4O3S/c1-32-21-11-10-18(25)12-17(21)13-22(30)28-29-23(31)16-8-6-15(7-9-16)14-33-24-26-19-4-2-3-5-20(19)27-24/h2-12H,13-14H2,1H3,(H,26,27)(H,28,30)(H,29,31). The Kier molecular flexibility index (Phi) is 7.16. The maximum atomic E-state index is 12.4. The first-order chi connectivity index (χ1) is 16.0. The summed E-state index contributed by atoms with van der Waals surface area (Å²) < 4.78 is 5.24. The van der Waals surface area contributed by atoms with E-state index in [4.69, 9.17) is 16.3 Å². The zero-order valence-corrected chi connectivity index (χ0v) is 19.3. The SMILES string of the molecule is COc1ccc(Cl)cc1CC(=O)NNC(=O)c1ccc(CSc2nc3ccccc3[nH]2)cc1. The number of thioether (sulfide) groups is 1. The van der Waals surface area contributed by atoms with E-state index < -0.39 is 5.91 Å². The largest absolute Gasteiger partial charge is 0.496 e. The van der Waals surface area contributed by atoms with E-state index in [0.717, 1.165) is 21.8 Å².